The van der Waals surface area contributed by atoms with Gasteiger partial charge in [0.15, 0.2) is 0 Å². The van der Waals surface area contributed by atoms with Crippen molar-refractivity contribution in [2.75, 3.05) is 0 Å². The summed E-state index contributed by atoms with van der Waals surface area (Å²) in [6, 6.07) is 1.68. The Morgan fingerprint density at radius 1 is 0.929 bits per heavy atom. The summed E-state index contributed by atoms with van der Waals surface area (Å²) in [5.74, 6) is 2.84. The van der Waals surface area contributed by atoms with Crippen molar-refractivity contribution in [1.29, 1.82) is 0 Å². The van der Waals surface area contributed by atoms with Crippen LogP contribution >= 0.6 is 0 Å². The van der Waals surface area contributed by atoms with Gasteiger partial charge in [-0.05, 0) is 49.9 Å². The molecule has 0 aromatic rings. The second kappa shape index (κ2) is 4.22. The molecule has 2 fully saturated rings. The molecule has 0 heterocycles. The van der Waals surface area contributed by atoms with Crippen LogP contribution in [0.5, 0.6) is 0 Å². The average Bonchev–Trinajstić information content (AvgIpc) is 2.20. The molecule has 3 unspecified atom stereocenters. The third-order valence-electron chi connectivity index (χ3n) is 4.62. The van der Waals surface area contributed by atoms with Crippen LogP contribution < -0.4 is 5.32 Å². The van der Waals surface area contributed by atoms with Gasteiger partial charge in [0.2, 0.25) is 0 Å². The average molecular weight is 195 g/mol. The van der Waals surface area contributed by atoms with E-state index in [1.165, 1.54) is 32.1 Å². The van der Waals surface area contributed by atoms with Gasteiger partial charge in [0.05, 0.1) is 0 Å². The van der Waals surface area contributed by atoms with Crippen LogP contribution in [0.4, 0.5) is 0 Å². The predicted octanol–water partition coefficient (Wildman–Crippen LogP) is 3.20. The Bertz CT molecular complexity index is 182. The van der Waals surface area contributed by atoms with Crippen LogP contribution in [0.1, 0.15) is 52.9 Å². The quantitative estimate of drug-likeness (QED) is 0.713. The maximum atomic E-state index is 3.86. The molecule has 0 saturated heterocycles. The lowest BCUT2D eigenvalue weighted by Crippen LogP contribution is -2.52. The van der Waals surface area contributed by atoms with Gasteiger partial charge in [0, 0.05) is 12.1 Å². The van der Waals surface area contributed by atoms with Crippen molar-refractivity contribution in [3.63, 3.8) is 0 Å². The minimum Gasteiger partial charge on any atom is -0.311 e. The Morgan fingerprint density at radius 2 is 1.57 bits per heavy atom. The van der Waals surface area contributed by atoms with E-state index < -0.39 is 0 Å². The molecule has 0 radical (unpaired) electrons. The monoisotopic (exact) mass is 195 g/mol. The van der Waals surface area contributed by atoms with Gasteiger partial charge in [-0.2, -0.15) is 0 Å². The first-order valence-corrected chi connectivity index (χ1v) is 6.43. The fourth-order valence-electron chi connectivity index (χ4n) is 2.98. The van der Waals surface area contributed by atoms with Gasteiger partial charge in [0.1, 0.15) is 0 Å². The van der Waals surface area contributed by atoms with Gasteiger partial charge < -0.3 is 5.32 Å². The summed E-state index contributed by atoms with van der Waals surface area (Å²) in [4.78, 5) is 0. The molecule has 2 aliphatic carbocycles. The Kier molecular flexibility index (Phi) is 3.16. The van der Waals surface area contributed by atoms with E-state index in [0.717, 1.165) is 29.8 Å². The molecule has 0 amide bonds. The van der Waals surface area contributed by atoms with Crippen LogP contribution in [0.2, 0.25) is 0 Å². The first-order chi connectivity index (χ1) is 6.66. The van der Waals surface area contributed by atoms with Crippen molar-refractivity contribution in [3.05, 3.63) is 0 Å². The minimum absolute atomic E-state index is 0.836. The maximum Gasteiger partial charge on any atom is 0.0100 e. The zero-order chi connectivity index (χ0) is 10.1. The lowest BCUT2D eigenvalue weighted by molar-refractivity contribution is 0.114. The minimum atomic E-state index is 0.836. The first kappa shape index (κ1) is 10.5. The highest BCUT2D eigenvalue weighted by Crippen LogP contribution is 2.35. The van der Waals surface area contributed by atoms with Crippen molar-refractivity contribution in [1.82, 2.24) is 5.32 Å². The molecule has 1 nitrogen and oxygen atoms in total. The summed E-state index contributed by atoms with van der Waals surface area (Å²) in [5.41, 5.74) is 0. The second-order valence-corrected chi connectivity index (χ2v) is 5.80. The van der Waals surface area contributed by atoms with Gasteiger partial charge >= 0.3 is 0 Å². The van der Waals surface area contributed by atoms with E-state index in [9.17, 15) is 0 Å². The summed E-state index contributed by atoms with van der Waals surface area (Å²) in [6.07, 6.45) is 7.12. The predicted molar refractivity (Wildman–Crippen MR) is 61.3 cm³/mol. The summed E-state index contributed by atoms with van der Waals surface area (Å²) in [6.45, 7) is 7.17. The molecule has 2 saturated carbocycles. The summed E-state index contributed by atoms with van der Waals surface area (Å²) in [7, 11) is 0. The van der Waals surface area contributed by atoms with Crippen LogP contribution in [0.15, 0.2) is 0 Å². The summed E-state index contributed by atoms with van der Waals surface area (Å²) < 4.78 is 0. The highest BCUT2D eigenvalue weighted by Gasteiger charge is 2.35. The second-order valence-electron chi connectivity index (χ2n) is 5.80. The molecular formula is C13H25N. The van der Waals surface area contributed by atoms with Crippen molar-refractivity contribution in [3.8, 4) is 0 Å². The molecule has 0 bridgehead atoms. The normalized spacial score (nSPS) is 48.6. The van der Waals surface area contributed by atoms with Gasteiger partial charge in [-0.25, -0.2) is 0 Å². The van der Waals surface area contributed by atoms with Crippen molar-refractivity contribution >= 4 is 0 Å². The lowest BCUT2D eigenvalue weighted by atomic mass is 9.71. The standard InChI is InChI=1S/C13H25N/c1-9-4-6-12(7-5-9)14-13-8-10(2)11(13)3/h9-14H,4-8H2,1-3H3. The zero-order valence-electron chi connectivity index (χ0n) is 9.92. The van der Waals surface area contributed by atoms with Crippen LogP contribution in [0, 0.1) is 17.8 Å². The fraction of sp³-hybridized carbons (Fsp3) is 1.00. The number of rotatable bonds is 2. The maximum absolute atomic E-state index is 3.86. The summed E-state index contributed by atoms with van der Waals surface area (Å²) >= 11 is 0. The SMILES string of the molecule is CC1CCC(NC2CC(C)C2C)CC1. The molecule has 0 aliphatic heterocycles. The molecule has 1 heteroatoms. The Hall–Kier alpha value is -0.0400. The van der Waals surface area contributed by atoms with Crippen LogP contribution in [0.3, 0.4) is 0 Å². The van der Waals surface area contributed by atoms with E-state index in [1.807, 2.05) is 0 Å². The molecular weight excluding hydrogens is 170 g/mol. The highest BCUT2D eigenvalue weighted by atomic mass is 15.0. The number of hydrogen-bond acceptors (Lipinski definition) is 1. The van der Waals surface area contributed by atoms with E-state index in [-0.39, 0.29) is 0 Å². The molecule has 0 spiro atoms. The van der Waals surface area contributed by atoms with Gasteiger partial charge in [-0.3, -0.25) is 0 Å². The van der Waals surface area contributed by atoms with Gasteiger partial charge in [-0.15, -0.1) is 0 Å². The summed E-state index contributed by atoms with van der Waals surface area (Å²) in [5, 5.41) is 3.86. The van der Waals surface area contributed by atoms with Crippen LogP contribution in [0.25, 0.3) is 0 Å². The third kappa shape index (κ3) is 2.13. The van der Waals surface area contributed by atoms with E-state index in [2.05, 4.69) is 26.1 Å². The molecule has 3 atom stereocenters. The molecule has 0 aromatic heterocycles. The van der Waals surface area contributed by atoms with Crippen molar-refractivity contribution < 1.29 is 0 Å². The largest absolute Gasteiger partial charge is 0.311 e. The molecule has 0 aromatic carbocycles. The number of hydrogen-bond donors (Lipinski definition) is 1. The highest BCUT2D eigenvalue weighted by molar-refractivity contribution is 4.92. The molecule has 2 aliphatic rings. The first-order valence-electron chi connectivity index (χ1n) is 6.43. The van der Waals surface area contributed by atoms with Crippen LogP contribution in [-0.4, -0.2) is 12.1 Å². The van der Waals surface area contributed by atoms with E-state index >= 15 is 0 Å². The lowest BCUT2D eigenvalue weighted by Gasteiger charge is -2.44. The Labute approximate surface area is 88.7 Å². The molecule has 14 heavy (non-hydrogen) atoms. The smallest absolute Gasteiger partial charge is 0.0100 e. The molecule has 2 rings (SSSR count). The van der Waals surface area contributed by atoms with Gasteiger partial charge in [0.25, 0.3) is 0 Å². The third-order valence-corrected chi connectivity index (χ3v) is 4.62. The van der Waals surface area contributed by atoms with Crippen molar-refractivity contribution in [2.45, 2.75) is 65.0 Å². The fourth-order valence-corrected chi connectivity index (χ4v) is 2.98. The Balaban J connectivity index is 1.71. The zero-order valence-corrected chi connectivity index (χ0v) is 9.92. The van der Waals surface area contributed by atoms with E-state index in [1.54, 1.807) is 0 Å². The number of nitrogens with one attached hydrogen (secondary N) is 1. The van der Waals surface area contributed by atoms with Gasteiger partial charge in [-0.1, -0.05) is 20.8 Å². The Morgan fingerprint density at radius 3 is 2.07 bits per heavy atom. The van der Waals surface area contributed by atoms with Crippen molar-refractivity contribution in [2.24, 2.45) is 17.8 Å². The van der Waals surface area contributed by atoms with E-state index in [4.69, 9.17) is 0 Å². The molecule has 82 valence electrons. The topological polar surface area (TPSA) is 12.0 Å². The molecule has 1 N–H and O–H groups in total. The van der Waals surface area contributed by atoms with E-state index in [0.29, 0.717) is 0 Å². The van der Waals surface area contributed by atoms with Crippen LogP contribution in [-0.2, 0) is 0 Å².